The number of aromatic nitrogens is 2. The third-order valence-electron chi connectivity index (χ3n) is 4.85. The van der Waals surface area contributed by atoms with Gasteiger partial charge in [-0.25, -0.2) is 4.98 Å². The summed E-state index contributed by atoms with van der Waals surface area (Å²) in [7, 11) is -0.303. The molecule has 0 spiro atoms. The molecule has 5 nitrogen and oxygen atoms in total. The molecule has 0 radical (unpaired) electrons. The molecule has 1 saturated heterocycles. The number of aryl methyl sites for hydroxylation is 1. The largest absolute Gasteiger partial charge is 0.493 e. The van der Waals surface area contributed by atoms with Crippen molar-refractivity contribution in [3.63, 3.8) is 0 Å². The second-order valence-electron chi connectivity index (χ2n) is 7.97. The number of unbranched alkanes of at least 4 members (excludes halogenated alkanes) is 1. The summed E-state index contributed by atoms with van der Waals surface area (Å²) < 4.78 is 13.7. The van der Waals surface area contributed by atoms with Crippen molar-refractivity contribution in [3.8, 4) is 0 Å². The van der Waals surface area contributed by atoms with Crippen LogP contribution in [0.3, 0.4) is 0 Å². The molecule has 7 heteroatoms. The van der Waals surface area contributed by atoms with Crippen molar-refractivity contribution < 1.29 is 14.4 Å². The average molecular weight is 391 g/mol. The van der Waals surface area contributed by atoms with Crippen molar-refractivity contribution in [2.24, 2.45) is 5.41 Å². The number of aliphatic hydroxyl groups excluding tert-OH is 1. The maximum Gasteiger partial charge on any atom is 0.493 e. The predicted molar refractivity (Wildman–Crippen MR) is 108 cm³/mol. The first-order chi connectivity index (χ1) is 12.9. The zero-order valence-electron chi connectivity index (χ0n) is 16.4. The molecule has 1 aromatic carbocycles. The van der Waals surface area contributed by atoms with Crippen LogP contribution in [-0.2, 0) is 28.9 Å². The number of nitrogens with zero attached hydrogens (tertiary/aromatic N) is 2. The highest BCUT2D eigenvalue weighted by Crippen LogP contribution is 2.22. The number of hydrogen-bond donors (Lipinski definition) is 1. The molecule has 1 aliphatic rings. The Morgan fingerprint density at radius 3 is 2.48 bits per heavy atom. The minimum Gasteiger partial charge on any atom is -0.407 e. The summed E-state index contributed by atoms with van der Waals surface area (Å²) >= 11 is 6.22. The van der Waals surface area contributed by atoms with Crippen molar-refractivity contribution in [1.82, 2.24) is 9.55 Å². The second kappa shape index (κ2) is 8.78. The summed E-state index contributed by atoms with van der Waals surface area (Å²) in [5.74, 6) is 0.927. The van der Waals surface area contributed by atoms with E-state index in [0.717, 1.165) is 36.1 Å². The molecule has 1 N–H and O–H groups in total. The van der Waals surface area contributed by atoms with Crippen LogP contribution >= 0.6 is 11.6 Å². The Morgan fingerprint density at radius 1 is 1.22 bits per heavy atom. The SMILES string of the molecule is CCCCc1nc(Cl)c(CO)n1Cc1ccc(B2OCC(C)(C)CO2)cc1. The molecule has 1 aromatic heterocycles. The molecular weight excluding hydrogens is 362 g/mol. The molecule has 0 saturated carbocycles. The van der Waals surface area contributed by atoms with Crippen molar-refractivity contribution in [1.29, 1.82) is 0 Å². The van der Waals surface area contributed by atoms with Gasteiger partial charge in [-0.1, -0.05) is 63.1 Å². The van der Waals surface area contributed by atoms with Crippen LogP contribution in [0.4, 0.5) is 0 Å². The molecule has 146 valence electrons. The third-order valence-corrected chi connectivity index (χ3v) is 5.15. The quantitative estimate of drug-likeness (QED) is 0.738. The number of halogens is 1. The van der Waals surface area contributed by atoms with E-state index in [-0.39, 0.29) is 19.1 Å². The Bertz CT molecular complexity index is 751. The van der Waals surface area contributed by atoms with E-state index in [2.05, 4.69) is 37.9 Å². The van der Waals surface area contributed by atoms with E-state index < -0.39 is 0 Å². The Kier molecular flexibility index (Phi) is 6.63. The van der Waals surface area contributed by atoms with Gasteiger partial charge < -0.3 is 19.0 Å². The molecule has 0 bridgehead atoms. The summed E-state index contributed by atoms with van der Waals surface area (Å²) in [5.41, 5.74) is 2.88. The fraction of sp³-hybridized carbons (Fsp3) is 0.550. The van der Waals surface area contributed by atoms with Crippen molar-refractivity contribution in [3.05, 3.63) is 46.5 Å². The summed E-state index contributed by atoms with van der Waals surface area (Å²) in [6, 6.07) is 8.23. The summed E-state index contributed by atoms with van der Waals surface area (Å²) in [6.45, 7) is 8.32. The van der Waals surface area contributed by atoms with Crippen LogP contribution in [0, 0.1) is 5.41 Å². The van der Waals surface area contributed by atoms with Gasteiger partial charge in [-0.2, -0.15) is 0 Å². The average Bonchev–Trinajstić information content (AvgIpc) is 2.95. The smallest absolute Gasteiger partial charge is 0.407 e. The first-order valence-corrected chi connectivity index (χ1v) is 9.98. The third kappa shape index (κ3) is 4.94. The highest BCUT2D eigenvalue weighted by molar-refractivity contribution is 6.61. The lowest BCUT2D eigenvalue weighted by molar-refractivity contribution is 0.0343. The lowest BCUT2D eigenvalue weighted by Gasteiger charge is -2.33. The van der Waals surface area contributed by atoms with Gasteiger partial charge in [0.1, 0.15) is 5.82 Å². The monoisotopic (exact) mass is 390 g/mol. The molecular formula is C20H28BClN2O3. The lowest BCUT2D eigenvalue weighted by Crippen LogP contribution is -2.47. The Balaban J connectivity index is 1.73. The van der Waals surface area contributed by atoms with Gasteiger partial charge in [-0.15, -0.1) is 0 Å². The second-order valence-corrected chi connectivity index (χ2v) is 8.33. The summed E-state index contributed by atoms with van der Waals surface area (Å²) in [6.07, 6.45) is 2.99. The minimum atomic E-state index is -0.303. The van der Waals surface area contributed by atoms with Crippen LogP contribution < -0.4 is 5.46 Å². The molecule has 2 aromatic rings. The van der Waals surface area contributed by atoms with E-state index in [1.165, 1.54) is 0 Å². The standard InChI is InChI=1S/C20H28BClN2O3/c1-4-5-6-18-23-19(22)17(12-25)24(18)11-15-7-9-16(10-8-15)21-26-13-20(2,3)14-27-21/h7-10,25H,4-6,11-14H2,1-3H3. The van der Waals surface area contributed by atoms with Gasteiger partial charge >= 0.3 is 7.12 Å². The molecule has 0 aliphatic carbocycles. The highest BCUT2D eigenvalue weighted by Gasteiger charge is 2.33. The topological polar surface area (TPSA) is 56.5 Å². The van der Waals surface area contributed by atoms with Gasteiger partial charge in [0.25, 0.3) is 0 Å². The first kappa shape index (κ1) is 20.4. The van der Waals surface area contributed by atoms with Gasteiger partial charge in [0.2, 0.25) is 0 Å². The van der Waals surface area contributed by atoms with Crippen LogP contribution in [0.15, 0.2) is 24.3 Å². The fourth-order valence-corrected chi connectivity index (χ4v) is 3.48. The zero-order chi connectivity index (χ0) is 19.4. The Hall–Kier alpha value is -1.34. The number of imidazole rings is 1. The number of hydrogen-bond acceptors (Lipinski definition) is 4. The molecule has 1 aliphatic heterocycles. The number of rotatable bonds is 7. The maximum absolute atomic E-state index is 9.69. The Labute approximate surface area is 166 Å². The van der Waals surface area contributed by atoms with Crippen LogP contribution in [0.2, 0.25) is 5.15 Å². The predicted octanol–water partition coefficient (Wildman–Crippen LogP) is 3.19. The highest BCUT2D eigenvalue weighted by atomic mass is 35.5. The maximum atomic E-state index is 9.69. The van der Waals surface area contributed by atoms with Gasteiger partial charge in [0.05, 0.1) is 12.3 Å². The van der Waals surface area contributed by atoms with Gasteiger partial charge in [0, 0.05) is 31.6 Å². The Morgan fingerprint density at radius 2 is 1.89 bits per heavy atom. The normalized spacial score (nSPS) is 16.7. The van der Waals surface area contributed by atoms with Crippen LogP contribution in [-0.4, -0.2) is 35.0 Å². The zero-order valence-corrected chi connectivity index (χ0v) is 17.1. The molecule has 1 fully saturated rings. The molecule has 27 heavy (non-hydrogen) atoms. The van der Waals surface area contributed by atoms with E-state index in [1.54, 1.807) is 0 Å². The van der Waals surface area contributed by atoms with E-state index in [4.69, 9.17) is 20.9 Å². The van der Waals surface area contributed by atoms with Gasteiger partial charge in [0.15, 0.2) is 5.15 Å². The van der Waals surface area contributed by atoms with Crippen LogP contribution in [0.1, 0.15) is 50.7 Å². The number of benzene rings is 1. The van der Waals surface area contributed by atoms with Crippen molar-refractivity contribution in [2.75, 3.05) is 13.2 Å². The lowest BCUT2D eigenvalue weighted by atomic mass is 9.76. The molecule has 2 heterocycles. The minimum absolute atomic E-state index is 0.0622. The van der Waals surface area contributed by atoms with E-state index in [9.17, 15) is 5.11 Å². The molecule has 3 rings (SSSR count). The van der Waals surface area contributed by atoms with E-state index in [1.807, 2.05) is 16.7 Å². The molecule has 0 unspecified atom stereocenters. The molecule has 0 atom stereocenters. The van der Waals surface area contributed by atoms with Gasteiger partial charge in [-0.05, 0) is 17.4 Å². The van der Waals surface area contributed by atoms with Crippen molar-refractivity contribution in [2.45, 2.75) is 53.2 Å². The first-order valence-electron chi connectivity index (χ1n) is 9.60. The fourth-order valence-electron chi connectivity index (χ4n) is 3.22. The van der Waals surface area contributed by atoms with Crippen LogP contribution in [0.25, 0.3) is 0 Å². The number of aliphatic hydroxyl groups is 1. The van der Waals surface area contributed by atoms with E-state index >= 15 is 0 Å². The van der Waals surface area contributed by atoms with Crippen LogP contribution in [0.5, 0.6) is 0 Å². The van der Waals surface area contributed by atoms with Gasteiger partial charge in [-0.3, -0.25) is 0 Å². The molecule has 0 amide bonds. The van der Waals surface area contributed by atoms with Crippen molar-refractivity contribution >= 4 is 24.2 Å². The van der Waals surface area contributed by atoms with E-state index in [0.29, 0.717) is 30.6 Å². The summed E-state index contributed by atoms with van der Waals surface area (Å²) in [4.78, 5) is 4.45. The summed E-state index contributed by atoms with van der Waals surface area (Å²) in [5, 5.41) is 10.1.